The first kappa shape index (κ1) is 18.5. The van der Waals surface area contributed by atoms with E-state index < -0.39 is 5.54 Å². The van der Waals surface area contributed by atoms with Gasteiger partial charge in [-0.2, -0.15) is 0 Å². The number of rotatable bonds is 6. The first-order valence-electron chi connectivity index (χ1n) is 8.76. The molecule has 1 saturated carbocycles. The normalized spacial score (nSPS) is 23.5. The van der Waals surface area contributed by atoms with Crippen LogP contribution in [-0.2, 0) is 20.7 Å². The van der Waals surface area contributed by atoms with E-state index in [9.17, 15) is 9.59 Å². The highest BCUT2D eigenvalue weighted by atomic mass is 16.5. The van der Waals surface area contributed by atoms with Gasteiger partial charge in [0.05, 0.1) is 12.5 Å². The van der Waals surface area contributed by atoms with Crippen LogP contribution in [0.25, 0.3) is 0 Å². The summed E-state index contributed by atoms with van der Waals surface area (Å²) in [5, 5.41) is 2.97. The molecule has 5 nitrogen and oxygen atoms in total. The molecule has 0 spiro atoms. The third-order valence-electron chi connectivity index (χ3n) is 4.72. The van der Waals surface area contributed by atoms with E-state index in [-0.39, 0.29) is 17.8 Å². The minimum absolute atomic E-state index is 0.000950. The number of amides is 1. The number of nitrogens with one attached hydrogen (secondary N) is 1. The van der Waals surface area contributed by atoms with E-state index in [1.807, 2.05) is 31.2 Å². The zero-order valence-electron chi connectivity index (χ0n) is 14.6. The summed E-state index contributed by atoms with van der Waals surface area (Å²) in [5.74, 6) is -0.330. The van der Waals surface area contributed by atoms with Gasteiger partial charge in [0, 0.05) is 17.6 Å². The average Bonchev–Trinajstić information content (AvgIpc) is 2.54. The summed E-state index contributed by atoms with van der Waals surface area (Å²) in [6, 6.07) is 7.60. The molecule has 2 unspecified atom stereocenters. The van der Waals surface area contributed by atoms with Crippen LogP contribution < -0.4 is 11.1 Å². The van der Waals surface area contributed by atoms with Crippen LogP contribution in [0, 0.1) is 5.92 Å². The SMILES string of the molecule is CCOC(=O)CCc1ccc(NC(=O)C2CCCCC2(C)N)cc1. The molecule has 1 fully saturated rings. The lowest BCUT2D eigenvalue weighted by Crippen LogP contribution is -2.51. The van der Waals surface area contributed by atoms with Crippen molar-refractivity contribution in [2.75, 3.05) is 11.9 Å². The molecule has 24 heavy (non-hydrogen) atoms. The molecule has 1 amide bonds. The summed E-state index contributed by atoms with van der Waals surface area (Å²) in [6.07, 6.45) is 4.88. The minimum Gasteiger partial charge on any atom is -0.466 e. The molecule has 1 aromatic rings. The van der Waals surface area contributed by atoms with Crippen molar-refractivity contribution in [2.24, 2.45) is 11.7 Å². The highest BCUT2D eigenvalue weighted by Crippen LogP contribution is 2.32. The fourth-order valence-corrected chi connectivity index (χ4v) is 3.25. The van der Waals surface area contributed by atoms with Crippen molar-refractivity contribution in [1.29, 1.82) is 0 Å². The summed E-state index contributed by atoms with van der Waals surface area (Å²) < 4.78 is 4.92. The van der Waals surface area contributed by atoms with Crippen LogP contribution in [0.4, 0.5) is 5.69 Å². The Balaban J connectivity index is 1.89. The highest BCUT2D eigenvalue weighted by Gasteiger charge is 2.37. The minimum atomic E-state index is -0.429. The van der Waals surface area contributed by atoms with Gasteiger partial charge in [0.2, 0.25) is 5.91 Å². The molecule has 0 aliphatic heterocycles. The number of anilines is 1. The van der Waals surface area contributed by atoms with Crippen LogP contribution in [0.2, 0.25) is 0 Å². The number of benzene rings is 1. The molecule has 1 aromatic carbocycles. The van der Waals surface area contributed by atoms with E-state index in [1.54, 1.807) is 6.92 Å². The summed E-state index contributed by atoms with van der Waals surface area (Å²) in [5.41, 5.74) is 7.67. The van der Waals surface area contributed by atoms with Crippen LogP contribution in [-0.4, -0.2) is 24.0 Å². The van der Waals surface area contributed by atoms with Crippen LogP contribution in [0.5, 0.6) is 0 Å². The van der Waals surface area contributed by atoms with Gasteiger partial charge >= 0.3 is 5.97 Å². The number of carbonyl (C=O) groups is 2. The van der Waals surface area contributed by atoms with E-state index in [2.05, 4.69) is 5.32 Å². The van der Waals surface area contributed by atoms with E-state index in [0.717, 1.165) is 36.9 Å². The first-order chi connectivity index (χ1) is 11.4. The van der Waals surface area contributed by atoms with Crippen molar-refractivity contribution in [3.05, 3.63) is 29.8 Å². The van der Waals surface area contributed by atoms with Gasteiger partial charge in [0.15, 0.2) is 0 Å². The summed E-state index contributed by atoms with van der Waals surface area (Å²) >= 11 is 0. The summed E-state index contributed by atoms with van der Waals surface area (Å²) in [6.45, 7) is 4.17. The monoisotopic (exact) mass is 332 g/mol. The van der Waals surface area contributed by atoms with E-state index in [4.69, 9.17) is 10.5 Å². The number of hydrogen-bond donors (Lipinski definition) is 2. The number of nitrogens with two attached hydrogens (primary N) is 1. The first-order valence-corrected chi connectivity index (χ1v) is 8.76. The van der Waals surface area contributed by atoms with Crippen molar-refractivity contribution >= 4 is 17.6 Å². The fourth-order valence-electron chi connectivity index (χ4n) is 3.25. The van der Waals surface area contributed by atoms with Gasteiger partial charge in [-0.1, -0.05) is 25.0 Å². The van der Waals surface area contributed by atoms with Crippen molar-refractivity contribution in [1.82, 2.24) is 0 Å². The maximum atomic E-state index is 12.5. The molecule has 0 radical (unpaired) electrons. The van der Waals surface area contributed by atoms with E-state index in [0.29, 0.717) is 19.4 Å². The van der Waals surface area contributed by atoms with Crippen LogP contribution in [0.1, 0.15) is 51.5 Å². The van der Waals surface area contributed by atoms with Crippen LogP contribution in [0.15, 0.2) is 24.3 Å². The molecule has 3 N–H and O–H groups in total. The van der Waals surface area contributed by atoms with Crippen molar-refractivity contribution < 1.29 is 14.3 Å². The number of ether oxygens (including phenoxy) is 1. The molecule has 2 rings (SSSR count). The average molecular weight is 332 g/mol. The summed E-state index contributed by atoms with van der Waals surface area (Å²) in [7, 11) is 0. The fraction of sp³-hybridized carbons (Fsp3) is 0.579. The quantitative estimate of drug-likeness (QED) is 0.785. The Morgan fingerprint density at radius 1 is 1.29 bits per heavy atom. The standard InChI is InChI=1S/C19H28N2O3/c1-3-24-17(22)12-9-14-7-10-15(11-8-14)21-18(23)16-6-4-5-13-19(16,2)20/h7-8,10-11,16H,3-6,9,12-13,20H2,1-2H3,(H,21,23). The Labute approximate surface area is 143 Å². The predicted octanol–water partition coefficient (Wildman–Crippen LogP) is 3.03. The van der Waals surface area contributed by atoms with Gasteiger partial charge in [-0.25, -0.2) is 0 Å². The third kappa shape index (κ3) is 5.06. The van der Waals surface area contributed by atoms with Gasteiger partial charge in [0.1, 0.15) is 0 Å². The molecule has 0 bridgehead atoms. The molecule has 5 heteroatoms. The van der Waals surface area contributed by atoms with Crippen molar-refractivity contribution in [2.45, 2.75) is 57.9 Å². The topological polar surface area (TPSA) is 81.4 Å². The van der Waals surface area contributed by atoms with E-state index >= 15 is 0 Å². The second-order valence-electron chi connectivity index (χ2n) is 6.80. The Morgan fingerprint density at radius 3 is 2.62 bits per heavy atom. The van der Waals surface area contributed by atoms with E-state index in [1.165, 1.54) is 0 Å². The van der Waals surface area contributed by atoms with Gasteiger partial charge in [-0.3, -0.25) is 9.59 Å². The van der Waals surface area contributed by atoms with Gasteiger partial charge in [0.25, 0.3) is 0 Å². The molecular formula is C19H28N2O3. The molecule has 2 atom stereocenters. The molecular weight excluding hydrogens is 304 g/mol. The molecule has 0 saturated heterocycles. The molecule has 0 aromatic heterocycles. The lowest BCUT2D eigenvalue weighted by Gasteiger charge is -2.37. The Bertz CT molecular complexity index is 566. The molecule has 0 heterocycles. The van der Waals surface area contributed by atoms with Crippen molar-refractivity contribution in [3.8, 4) is 0 Å². The predicted molar refractivity (Wildman–Crippen MR) is 94.6 cm³/mol. The Morgan fingerprint density at radius 2 is 2.00 bits per heavy atom. The zero-order valence-corrected chi connectivity index (χ0v) is 14.6. The zero-order chi connectivity index (χ0) is 17.6. The largest absolute Gasteiger partial charge is 0.466 e. The molecule has 1 aliphatic carbocycles. The number of esters is 1. The maximum Gasteiger partial charge on any atom is 0.306 e. The van der Waals surface area contributed by atoms with Gasteiger partial charge in [-0.05, 0) is 50.8 Å². The highest BCUT2D eigenvalue weighted by molar-refractivity contribution is 5.93. The Hall–Kier alpha value is -1.88. The van der Waals surface area contributed by atoms with Crippen LogP contribution in [0.3, 0.4) is 0 Å². The lowest BCUT2D eigenvalue weighted by molar-refractivity contribution is -0.143. The summed E-state index contributed by atoms with van der Waals surface area (Å²) in [4.78, 5) is 23.9. The second-order valence-corrected chi connectivity index (χ2v) is 6.80. The number of aryl methyl sites for hydroxylation is 1. The lowest BCUT2D eigenvalue weighted by atomic mass is 9.74. The van der Waals surface area contributed by atoms with Gasteiger partial charge < -0.3 is 15.8 Å². The number of hydrogen-bond acceptors (Lipinski definition) is 4. The van der Waals surface area contributed by atoms with Crippen molar-refractivity contribution in [3.63, 3.8) is 0 Å². The van der Waals surface area contributed by atoms with Gasteiger partial charge in [-0.15, -0.1) is 0 Å². The molecule has 1 aliphatic rings. The second kappa shape index (κ2) is 8.29. The van der Waals surface area contributed by atoms with Crippen LogP contribution >= 0.6 is 0 Å². The Kier molecular flexibility index (Phi) is 6.37. The number of carbonyl (C=O) groups excluding carboxylic acids is 2. The third-order valence-corrected chi connectivity index (χ3v) is 4.72. The smallest absolute Gasteiger partial charge is 0.306 e. The maximum absolute atomic E-state index is 12.5. The molecule has 132 valence electrons.